The Bertz CT molecular complexity index is 565. The molecule has 1 aromatic rings. The van der Waals surface area contributed by atoms with Crippen LogP contribution in [0.5, 0.6) is 0 Å². The number of rotatable bonds is 2. The molecule has 0 spiro atoms. The number of primary amides is 1. The summed E-state index contributed by atoms with van der Waals surface area (Å²) < 4.78 is 0. The molecule has 6 N–H and O–H groups in total. The standard InChI is InChI=1S/C12H18N6O.CH2O2/c13-9(19)7-3-5-18(6-7)11-8-2-1-4-15-10(8)16-12(14)17-11;2-1-3/h7H,1-6H2,(H2,13,19)(H3,14,15,16,17);1H,(H,2,3)/t7-;/m0./s1. The Kier molecular flexibility index (Phi) is 4.97. The van der Waals surface area contributed by atoms with Gasteiger partial charge in [-0.05, 0) is 19.3 Å². The van der Waals surface area contributed by atoms with Crippen molar-refractivity contribution in [3.63, 3.8) is 0 Å². The van der Waals surface area contributed by atoms with Crippen molar-refractivity contribution in [2.45, 2.75) is 19.3 Å². The van der Waals surface area contributed by atoms with Gasteiger partial charge in [0.15, 0.2) is 0 Å². The number of carboxylic acid groups (broad SMARTS) is 1. The summed E-state index contributed by atoms with van der Waals surface area (Å²) in [4.78, 5) is 30.3. The minimum Gasteiger partial charge on any atom is -0.483 e. The van der Waals surface area contributed by atoms with Crippen LogP contribution in [-0.4, -0.2) is 47.1 Å². The third-order valence-corrected chi connectivity index (χ3v) is 3.79. The highest BCUT2D eigenvalue weighted by Crippen LogP contribution is 2.32. The normalized spacial score (nSPS) is 19.5. The van der Waals surface area contributed by atoms with Crippen molar-refractivity contribution >= 4 is 30.0 Å². The van der Waals surface area contributed by atoms with Crippen molar-refractivity contribution in [3.05, 3.63) is 5.56 Å². The number of hydrogen-bond acceptors (Lipinski definition) is 7. The number of nitrogen functional groups attached to an aromatic ring is 1. The molecule has 0 saturated carbocycles. The van der Waals surface area contributed by atoms with Crippen LogP contribution in [0.15, 0.2) is 0 Å². The monoisotopic (exact) mass is 308 g/mol. The maximum atomic E-state index is 11.3. The molecule has 0 unspecified atom stereocenters. The van der Waals surface area contributed by atoms with Crippen molar-refractivity contribution in [1.29, 1.82) is 0 Å². The number of nitrogens with two attached hydrogens (primary N) is 2. The maximum Gasteiger partial charge on any atom is 0.290 e. The SMILES string of the molecule is NC(=O)[C@H]1CCN(c2nc(N)nc3c2CCCN3)C1.O=CO. The molecule has 1 atom stereocenters. The molecule has 0 aliphatic carbocycles. The second-order valence-corrected chi connectivity index (χ2v) is 5.20. The van der Waals surface area contributed by atoms with Crippen LogP contribution < -0.4 is 21.7 Å². The molecule has 0 radical (unpaired) electrons. The Balaban J connectivity index is 0.000000545. The lowest BCUT2D eigenvalue weighted by atomic mass is 10.1. The van der Waals surface area contributed by atoms with E-state index in [1.54, 1.807) is 0 Å². The largest absolute Gasteiger partial charge is 0.483 e. The summed E-state index contributed by atoms with van der Waals surface area (Å²) in [5.74, 6) is 1.63. The van der Waals surface area contributed by atoms with Gasteiger partial charge in [-0.3, -0.25) is 9.59 Å². The van der Waals surface area contributed by atoms with E-state index in [-0.39, 0.29) is 24.2 Å². The average molecular weight is 308 g/mol. The van der Waals surface area contributed by atoms with Gasteiger partial charge in [-0.15, -0.1) is 0 Å². The highest BCUT2D eigenvalue weighted by Gasteiger charge is 2.30. The van der Waals surface area contributed by atoms with E-state index in [0.29, 0.717) is 6.54 Å². The van der Waals surface area contributed by atoms with Gasteiger partial charge >= 0.3 is 0 Å². The molecule has 9 nitrogen and oxygen atoms in total. The summed E-state index contributed by atoms with van der Waals surface area (Å²) in [7, 11) is 0. The van der Waals surface area contributed by atoms with Crippen LogP contribution in [0.2, 0.25) is 0 Å². The first-order valence-electron chi connectivity index (χ1n) is 7.09. The Morgan fingerprint density at radius 1 is 1.45 bits per heavy atom. The molecule has 0 bridgehead atoms. The molecule has 3 heterocycles. The lowest BCUT2D eigenvalue weighted by molar-refractivity contribution is -0.123. The van der Waals surface area contributed by atoms with Crippen LogP contribution in [0.3, 0.4) is 0 Å². The van der Waals surface area contributed by atoms with E-state index in [1.165, 1.54) is 0 Å². The fourth-order valence-electron chi connectivity index (χ4n) is 2.78. The summed E-state index contributed by atoms with van der Waals surface area (Å²) in [6, 6.07) is 0. The topological polar surface area (TPSA) is 147 Å². The van der Waals surface area contributed by atoms with Gasteiger partial charge in [0.25, 0.3) is 6.47 Å². The first-order valence-corrected chi connectivity index (χ1v) is 7.09. The van der Waals surface area contributed by atoms with E-state index < -0.39 is 0 Å². The summed E-state index contributed by atoms with van der Waals surface area (Å²) >= 11 is 0. The first-order chi connectivity index (χ1) is 10.6. The molecule has 1 amide bonds. The second-order valence-electron chi connectivity index (χ2n) is 5.20. The first kappa shape index (κ1) is 15.8. The number of fused-ring (bicyclic) bond motifs is 1. The highest BCUT2D eigenvalue weighted by molar-refractivity contribution is 5.78. The fraction of sp³-hybridized carbons (Fsp3) is 0.538. The quantitative estimate of drug-likeness (QED) is 0.531. The number of aromatic nitrogens is 2. The van der Waals surface area contributed by atoms with E-state index in [0.717, 1.165) is 49.6 Å². The number of hydrogen-bond donors (Lipinski definition) is 4. The van der Waals surface area contributed by atoms with Crippen LogP contribution in [0.25, 0.3) is 0 Å². The summed E-state index contributed by atoms with van der Waals surface area (Å²) in [5, 5.41) is 10.1. The number of anilines is 3. The minimum atomic E-state index is -0.250. The van der Waals surface area contributed by atoms with E-state index >= 15 is 0 Å². The van der Waals surface area contributed by atoms with Crippen LogP contribution in [0, 0.1) is 5.92 Å². The van der Waals surface area contributed by atoms with Crippen LogP contribution in [-0.2, 0) is 16.0 Å². The summed E-state index contributed by atoms with van der Waals surface area (Å²) in [6.07, 6.45) is 2.78. The van der Waals surface area contributed by atoms with Gasteiger partial charge in [-0.25, -0.2) is 0 Å². The van der Waals surface area contributed by atoms with E-state index in [2.05, 4.69) is 20.2 Å². The molecule has 9 heteroatoms. The molecule has 120 valence electrons. The summed E-state index contributed by atoms with van der Waals surface area (Å²) in [6.45, 7) is 2.07. The van der Waals surface area contributed by atoms with Gasteiger partial charge in [0, 0.05) is 25.2 Å². The smallest absolute Gasteiger partial charge is 0.290 e. The molecule has 1 saturated heterocycles. The third kappa shape index (κ3) is 3.35. The van der Waals surface area contributed by atoms with Crippen LogP contribution in [0.1, 0.15) is 18.4 Å². The number of carbonyl (C=O) groups excluding carboxylic acids is 1. The predicted molar refractivity (Wildman–Crippen MR) is 81.5 cm³/mol. The highest BCUT2D eigenvalue weighted by atomic mass is 16.3. The fourth-order valence-corrected chi connectivity index (χ4v) is 2.78. The Morgan fingerprint density at radius 3 is 2.82 bits per heavy atom. The Hall–Kier alpha value is -2.58. The molecule has 0 aromatic carbocycles. The molecule has 2 aliphatic rings. The summed E-state index contributed by atoms with van der Waals surface area (Å²) in [5.41, 5.74) is 12.2. The molecular weight excluding hydrogens is 288 g/mol. The maximum absolute atomic E-state index is 11.3. The predicted octanol–water partition coefficient (Wildman–Crippen LogP) is -0.571. The number of nitrogens with one attached hydrogen (secondary N) is 1. The molecule has 22 heavy (non-hydrogen) atoms. The van der Waals surface area contributed by atoms with Crippen molar-refractivity contribution in [3.8, 4) is 0 Å². The lowest BCUT2D eigenvalue weighted by Gasteiger charge is -2.25. The van der Waals surface area contributed by atoms with Crippen molar-refractivity contribution in [2.24, 2.45) is 11.7 Å². The van der Waals surface area contributed by atoms with Gasteiger partial charge < -0.3 is 26.8 Å². The zero-order valence-electron chi connectivity index (χ0n) is 12.2. The van der Waals surface area contributed by atoms with Crippen molar-refractivity contribution < 1.29 is 14.7 Å². The minimum absolute atomic E-state index is 0.0941. The van der Waals surface area contributed by atoms with Crippen LogP contribution >= 0.6 is 0 Å². The Labute approximate surface area is 127 Å². The number of nitrogens with zero attached hydrogens (tertiary/aromatic N) is 3. The second kappa shape index (κ2) is 6.92. The molecule has 1 aromatic heterocycles. The number of amides is 1. The molecular formula is C13H20N6O3. The van der Waals surface area contributed by atoms with Gasteiger partial charge in [-0.2, -0.15) is 9.97 Å². The third-order valence-electron chi connectivity index (χ3n) is 3.79. The lowest BCUT2D eigenvalue weighted by Crippen LogP contribution is -2.29. The zero-order chi connectivity index (χ0) is 16.1. The number of carbonyl (C=O) groups is 2. The Morgan fingerprint density at radius 2 is 2.18 bits per heavy atom. The van der Waals surface area contributed by atoms with E-state index in [1.807, 2.05) is 0 Å². The zero-order valence-corrected chi connectivity index (χ0v) is 12.2. The van der Waals surface area contributed by atoms with Gasteiger partial charge in [0.1, 0.15) is 11.6 Å². The molecule has 1 fully saturated rings. The van der Waals surface area contributed by atoms with Crippen molar-refractivity contribution in [2.75, 3.05) is 35.6 Å². The van der Waals surface area contributed by atoms with Crippen molar-refractivity contribution in [1.82, 2.24) is 9.97 Å². The average Bonchev–Trinajstić information content (AvgIpc) is 2.97. The molecule has 3 rings (SSSR count). The van der Waals surface area contributed by atoms with Crippen LogP contribution in [0.4, 0.5) is 17.6 Å². The molecule has 2 aliphatic heterocycles. The van der Waals surface area contributed by atoms with E-state index in [9.17, 15) is 4.79 Å². The van der Waals surface area contributed by atoms with Gasteiger partial charge in [0.05, 0.1) is 5.92 Å². The van der Waals surface area contributed by atoms with Gasteiger partial charge in [-0.1, -0.05) is 0 Å². The van der Waals surface area contributed by atoms with E-state index in [4.69, 9.17) is 21.4 Å². The van der Waals surface area contributed by atoms with Gasteiger partial charge in [0.2, 0.25) is 11.9 Å².